The Kier molecular flexibility index (Phi) is 5.84. The van der Waals surface area contributed by atoms with E-state index in [0.29, 0.717) is 45.9 Å². The summed E-state index contributed by atoms with van der Waals surface area (Å²) >= 11 is 0. The van der Waals surface area contributed by atoms with E-state index in [1.54, 1.807) is 61.8 Å². The lowest BCUT2D eigenvalue weighted by Crippen LogP contribution is -2.32. The number of methoxy groups -OCH3 is 2. The van der Waals surface area contributed by atoms with E-state index in [4.69, 9.17) is 14.6 Å². The van der Waals surface area contributed by atoms with E-state index in [9.17, 15) is 4.79 Å². The van der Waals surface area contributed by atoms with E-state index in [0.717, 1.165) is 5.56 Å². The molecule has 0 fully saturated rings. The van der Waals surface area contributed by atoms with Crippen molar-refractivity contribution in [2.24, 2.45) is 0 Å². The summed E-state index contributed by atoms with van der Waals surface area (Å²) in [6.07, 6.45) is 5.00. The fourth-order valence-electron chi connectivity index (χ4n) is 4.10. The van der Waals surface area contributed by atoms with Crippen LogP contribution in [0.25, 0.3) is 11.4 Å². The van der Waals surface area contributed by atoms with Crippen LogP contribution in [0.15, 0.2) is 78.4 Å². The standard InChI is InChI=1S/C25H23N7O3/c1-15-20(24(33)29-19-11-4-5-13-27-19)21(17-9-6-10-18(34-2)22(17)35-3)32-25(28-15)30-23(31-32)16-8-7-12-26-14-16/h4-14,21H,1-3H3,(H,27,29,33)(H,28,30,31). The predicted octanol–water partition coefficient (Wildman–Crippen LogP) is 3.68. The van der Waals surface area contributed by atoms with Crippen molar-refractivity contribution in [2.45, 2.75) is 13.0 Å². The number of nitrogens with zero attached hydrogens (tertiary/aromatic N) is 5. The zero-order valence-electron chi connectivity index (χ0n) is 19.4. The van der Waals surface area contributed by atoms with Crippen LogP contribution >= 0.6 is 0 Å². The van der Waals surface area contributed by atoms with Crippen LogP contribution in [-0.4, -0.2) is 44.9 Å². The molecule has 0 aliphatic carbocycles. The predicted molar refractivity (Wildman–Crippen MR) is 130 cm³/mol. The summed E-state index contributed by atoms with van der Waals surface area (Å²) in [4.78, 5) is 26.7. The Morgan fingerprint density at radius 1 is 1.06 bits per heavy atom. The third-order valence-electron chi connectivity index (χ3n) is 5.65. The highest BCUT2D eigenvalue weighted by atomic mass is 16.5. The molecule has 0 saturated heterocycles. The molecule has 3 aromatic heterocycles. The van der Waals surface area contributed by atoms with Gasteiger partial charge in [-0.05, 0) is 37.3 Å². The first-order valence-electron chi connectivity index (χ1n) is 10.9. The number of benzene rings is 1. The van der Waals surface area contributed by atoms with E-state index in [1.165, 1.54) is 0 Å². The lowest BCUT2D eigenvalue weighted by molar-refractivity contribution is -0.113. The van der Waals surface area contributed by atoms with Gasteiger partial charge in [-0.1, -0.05) is 18.2 Å². The summed E-state index contributed by atoms with van der Waals surface area (Å²) in [6.45, 7) is 1.83. The van der Waals surface area contributed by atoms with Crippen LogP contribution in [0.1, 0.15) is 18.5 Å². The van der Waals surface area contributed by atoms with Crippen molar-refractivity contribution < 1.29 is 14.3 Å². The Bertz CT molecular complexity index is 1400. The van der Waals surface area contributed by atoms with Gasteiger partial charge in [0, 0.05) is 35.4 Å². The zero-order valence-corrected chi connectivity index (χ0v) is 19.4. The molecule has 1 aliphatic heterocycles. The summed E-state index contributed by atoms with van der Waals surface area (Å²) in [7, 11) is 3.14. The molecule has 1 unspecified atom stereocenters. The first kappa shape index (κ1) is 22.1. The monoisotopic (exact) mass is 469 g/mol. The fourth-order valence-corrected chi connectivity index (χ4v) is 4.10. The molecule has 1 aromatic carbocycles. The molecule has 0 radical (unpaired) electrons. The summed E-state index contributed by atoms with van der Waals surface area (Å²) in [6, 6.07) is 13.9. The van der Waals surface area contributed by atoms with Gasteiger partial charge in [0.15, 0.2) is 17.3 Å². The van der Waals surface area contributed by atoms with Crippen LogP contribution in [0, 0.1) is 0 Å². The molecule has 176 valence electrons. The number of amides is 1. The van der Waals surface area contributed by atoms with Gasteiger partial charge in [0.1, 0.15) is 11.9 Å². The summed E-state index contributed by atoms with van der Waals surface area (Å²) in [5.41, 5.74) is 2.52. The van der Waals surface area contributed by atoms with Gasteiger partial charge >= 0.3 is 0 Å². The molecule has 4 aromatic rings. The summed E-state index contributed by atoms with van der Waals surface area (Å²) < 4.78 is 12.9. The molecular formula is C25H23N7O3. The minimum Gasteiger partial charge on any atom is -0.493 e. The molecule has 0 saturated carbocycles. The zero-order chi connectivity index (χ0) is 24.4. The van der Waals surface area contributed by atoms with E-state index in [2.05, 4.69) is 25.6 Å². The van der Waals surface area contributed by atoms with Crippen molar-refractivity contribution in [1.29, 1.82) is 0 Å². The number of carbonyl (C=O) groups excluding carboxylic acids is 1. The molecule has 2 N–H and O–H groups in total. The molecule has 0 spiro atoms. The van der Waals surface area contributed by atoms with Crippen molar-refractivity contribution in [3.05, 3.63) is 84.0 Å². The third-order valence-corrected chi connectivity index (χ3v) is 5.65. The van der Waals surface area contributed by atoms with Crippen LogP contribution in [-0.2, 0) is 4.79 Å². The fraction of sp³-hybridized carbons (Fsp3) is 0.160. The number of pyridine rings is 2. The molecule has 10 heteroatoms. The van der Waals surface area contributed by atoms with E-state index in [1.807, 2.05) is 31.2 Å². The highest BCUT2D eigenvalue weighted by Gasteiger charge is 2.37. The number of nitrogens with one attached hydrogen (secondary N) is 2. The first-order chi connectivity index (χ1) is 17.1. The number of aromatic nitrogens is 5. The first-order valence-corrected chi connectivity index (χ1v) is 10.9. The highest BCUT2D eigenvalue weighted by molar-refractivity contribution is 6.05. The number of allylic oxidation sites excluding steroid dienone is 1. The van der Waals surface area contributed by atoms with Crippen LogP contribution in [0.5, 0.6) is 11.5 Å². The SMILES string of the molecule is COc1cccc(C2C(C(=O)Nc3ccccn3)=C(C)Nc3nc(-c4cccnc4)nn32)c1OC. The van der Waals surface area contributed by atoms with Crippen molar-refractivity contribution >= 4 is 17.7 Å². The van der Waals surface area contributed by atoms with E-state index in [-0.39, 0.29) is 5.91 Å². The maximum atomic E-state index is 13.6. The number of fused-ring (bicyclic) bond motifs is 1. The van der Waals surface area contributed by atoms with Gasteiger partial charge in [0.25, 0.3) is 5.91 Å². The molecule has 1 aliphatic rings. The normalized spacial score (nSPS) is 14.7. The van der Waals surface area contributed by atoms with Crippen LogP contribution < -0.4 is 20.1 Å². The molecule has 35 heavy (non-hydrogen) atoms. The average Bonchev–Trinajstić information content (AvgIpc) is 3.32. The number of hydrogen-bond acceptors (Lipinski definition) is 8. The number of rotatable bonds is 6. The molecule has 1 amide bonds. The van der Waals surface area contributed by atoms with Gasteiger partial charge in [0.2, 0.25) is 5.95 Å². The molecule has 10 nitrogen and oxygen atoms in total. The van der Waals surface area contributed by atoms with E-state index < -0.39 is 6.04 Å². The Labute approximate surface area is 201 Å². The maximum Gasteiger partial charge on any atom is 0.257 e. The minimum atomic E-state index is -0.655. The summed E-state index contributed by atoms with van der Waals surface area (Å²) in [5.74, 6) is 2.13. The second-order valence-electron chi connectivity index (χ2n) is 7.76. The Morgan fingerprint density at radius 3 is 2.66 bits per heavy atom. The van der Waals surface area contributed by atoms with Crippen molar-refractivity contribution in [1.82, 2.24) is 24.7 Å². The number of ether oxygens (including phenoxy) is 2. The lowest BCUT2D eigenvalue weighted by atomic mass is 9.94. The smallest absolute Gasteiger partial charge is 0.257 e. The van der Waals surface area contributed by atoms with E-state index >= 15 is 0 Å². The second-order valence-corrected chi connectivity index (χ2v) is 7.76. The number of para-hydroxylation sites is 1. The van der Waals surface area contributed by atoms with Crippen molar-refractivity contribution in [3.63, 3.8) is 0 Å². The van der Waals surface area contributed by atoms with Crippen LogP contribution in [0.4, 0.5) is 11.8 Å². The van der Waals surface area contributed by atoms with Gasteiger partial charge in [-0.2, -0.15) is 4.98 Å². The van der Waals surface area contributed by atoms with Gasteiger partial charge in [-0.3, -0.25) is 9.78 Å². The van der Waals surface area contributed by atoms with Crippen LogP contribution in [0.2, 0.25) is 0 Å². The molecular weight excluding hydrogens is 446 g/mol. The lowest BCUT2D eigenvalue weighted by Gasteiger charge is -2.29. The Morgan fingerprint density at radius 2 is 1.94 bits per heavy atom. The number of carbonyl (C=O) groups is 1. The number of hydrogen-bond donors (Lipinski definition) is 2. The minimum absolute atomic E-state index is 0.326. The maximum absolute atomic E-state index is 13.6. The Hall–Kier alpha value is -4.73. The quantitative estimate of drug-likeness (QED) is 0.439. The van der Waals surface area contributed by atoms with Gasteiger partial charge in [0.05, 0.1) is 19.8 Å². The third kappa shape index (κ3) is 4.05. The topological polar surface area (TPSA) is 116 Å². The summed E-state index contributed by atoms with van der Waals surface area (Å²) in [5, 5.41) is 10.9. The van der Waals surface area contributed by atoms with Gasteiger partial charge in [-0.25, -0.2) is 9.67 Å². The van der Waals surface area contributed by atoms with Crippen LogP contribution in [0.3, 0.4) is 0 Å². The second kappa shape index (κ2) is 9.26. The van der Waals surface area contributed by atoms with Crippen molar-refractivity contribution in [3.8, 4) is 22.9 Å². The highest BCUT2D eigenvalue weighted by Crippen LogP contribution is 2.43. The van der Waals surface area contributed by atoms with Crippen molar-refractivity contribution in [2.75, 3.05) is 24.9 Å². The van der Waals surface area contributed by atoms with Gasteiger partial charge < -0.3 is 20.1 Å². The average molecular weight is 470 g/mol. The molecule has 5 rings (SSSR count). The molecule has 1 atom stereocenters. The molecule has 4 heterocycles. The van der Waals surface area contributed by atoms with Gasteiger partial charge in [-0.15, -0.1) is 5.10 Å². The Balaban J connectivity index is 1.67. The molecule has 0 bridgehead atoms. The largest absolute Gasteiger partial charge is 0.493 e. The number of anilines is 2.